The molecule has 0 amide bonds. The van der Waals surface area contributed by atoms with Gasteiger partial charge in [0.05, 0.1) is 18.1 Å². The van der Waals surface area contributed by atoms with Gasteiger partial charge in [-0.1, -0.05) is 30.3 Å². The summed E-state index contributed by atoms with van der Waals surface area (Å²) in [6, 6.07) is 12.2. The molecule has 162 valence electrons. The lowest BCUT2D eigenvalue weighted by molar-refractivity contribution is -0.149. The molecule has 30 heavy (non-hydrogen) atoms. The highest BCUT2D eigenvalue weighted by atomic mass is 32.1. The van der Waals surface area contributed by atoms with Crippen LogP contribution >= 0.6 is 11.3 Å². The zero-order valence-electron chi connectivity index (χ0n) is 18.2. The molecule has 6 heteroatoms. The molecule has 0 bridgehead atoms. The first-order chi connectivity index (χ1) is 14.3. The van der Waals surface area contributed by atoms with Crippen molar-refractivity contribution in [3.8, 4) is 10.4 Å². The summed E-state index contributed by atoms with van der Waals surface area (Å²) >= 11 is 1.57. The van der Waals surface area contributed by atoms with Crippen LogP contribution in [-0.2, 0) is 14.3 Å². The first-order valence-corrected chi connectivity index (χ1v) is 11.4. The van der Waals surface area contributed by atoms with E-state index in [2.05, 4.69) is 5.32 Å². The van der Waals surface area contributed by atoms with Crippen LogP contribution in [0.4, 0.5) is 5.00 Å². The van der Waals surface area contributed by atoms with E-state index in [1.54, 1.807) is 11.3 Å². The molecule has 1 aliphatic rings. The zero-order valence-corrected chi connectivity index (χ0v) is 19.0. The smallest absolute Gasteiger partial charge is 0.341 e. The molecule has 1 aromatic carbocycles. The molecule has 0 atom stereocenters. The third-order valence-corrected chi connectivity index (χ3v) is 6.21. The lowest BCUT2D eigenvalue weighted by Gasteiger charge is -2.28. The monoisotopic (exact) mass is 429 g/mol. The predicted octanol–water partition coefficient (Wildman–Crippen LogP) is 5.90. The SMILES string of the molecule is CCOC(=O)C1CCC(Nc2sc(-c3ccccc3)cc2C(=O)OC(C)(C)C)CC1. The van der Waals surface area contributed by atoms with Gasteiger partial charge in [0, 0.05) is 10.9 Å². The maximum Gasteiger partial charge on any atom is 0.341 e. The molecule has 0 radical (unpaired) electrons. The average molecular weight is 430 g/mol. The molecule has 1 saturated carbocycles. The molecule has 1 heterocycles. The largest absolute Gasteiger partial charge is 0.466 e. The first kappa shape index (κ1) is 22.3. The summed E-state index contributed by atoms with van der Waals surface area (Å²) in [5.41, 5.74) is 1.09. The summed E-state index contributed by atoms with van der Waals surface area (Å²) in [6.45, 7) is 7.88. The zero-order chi connectivity index (χ0) is 21.7. The van der Waals surface area contributed by atoms with E-state index in [4.69, 9.17) is 9.47 Å². The Morgan fingerprint density at radius 1 is 1.10 bits per heavy atom. The maximum atomic E-state index is 12.9. The highest BCUT2D eigenvalue weighted by molar-refractivity contribution is 7.19. The van der Waals surface area contributed by atoms with Crippen molar-refractivity contribution in [2.75, 3.05) is 11.9 Å². The van der Waals surface area contributed by atoms with Crippen LogP contribution < -0.4 is 5.32 Å². The first-order valence-electron chi connectivity index (χ1n) is 10.6. The highest BCUT2D eigenvalue weighted by Gasteiger charge is 2.29. The Morgan fingerprint density at radius 3 is 2.37 bits per heavy atom. The van der Waals surface area contributed by atoms with Crippen molar-refractivity contribution >= 4 is 28.3 Å². The third-order valence-electron chi connectivity index (χ3n) is 5.09. The molecule has 5 nitrogen and oxygen atoms in total. The minimum Gasteiger partial charge on any atom is -0.466 e. The number of hydrogen-bond donors (Lipinski definition) is 1. The highest BCUT2D eigenvalue weighted by Crippen LogP contribution is 2.38. The third kappa shape index (κ3) is 5.85. The van der Waals surface area contributed by atoms with Gasteiger partial charge in [-0.3, -0.25) is 4.79 Å². The van der Waals surface area contributed by atoms with Crippen molar-refractivity contribution in [1.29, 1.82) is 0 Å². The number of ether oxygens (including phenoxy) is 2. The Bertz CT molecular complexity index is 861. The second kappa shape index (κ2) is 9.65. The van der Waals surface area contributed by atoms with E-state index >= 15 is 0 Å². The molecular formula is C24H31NO4S. The molecular weight excluding hydrogens is 398 g/mol. The fourth-order valence-corrected chi connectivity index (χ4v) is 4.78. The number of benzene rings is 1. The second-order valence-corrected chi connectivity index (χ2v) is 9.72. The number of carbonyl (C=O) groups excluding carboxylic acids is 2. The van der Waals surface area contributed by atoms with Gasteiger partial charge in [-0.15, -0.1) is 11.3 Å². The fourth-order valence-electron chi connectivity index (χ4n) is 3.65. The number of hydrogen-bond acceptors (Lipinski definition) is 6. The molecule has 1 N–H and O–H groups in total. The normalized spacial score (nSPS) is 19.2. The van der Waals surface area contributed by atoms with Gasteiger partial charge >= 0.3 is 11.9 Å². The average Bonchev–Trinajstić information content (AvgIpc) is 3.12. The molecule has 0 unspecified atom stereocenters. The van der Waals surface area contributed by atoms with Crippen LogP contribution in [0.1, 0.15) is 63.7 Å². The maximum absolute atomic E-state index is 12.9. The molecule has 2 aromatic rings. The van der Waals surface area contributed by atoms with Gasteiger partial charge in [0.25, 0.3) is 0 Å². The van der Waals surface area contributed by atoms with E-state index in [-0.39, 0.29) is 23.9 Å². The molecule has 3 rings (SSSR count). The fraction of sp³-hybridized carbons (Fsp3) is 0.500. The van der Waals surface area contributed by atoms with E-state index < -0.39 is 5.60 Å². The van der Waals surface area contributed by atoms with E-state index in [0.717, 1.165) is 41.1 Å². The summed E-state index contributed by atoms with van der Waals surface area (Å²) in [5, 5.41) is 4.40. The lowest BCUT2D eigenvalue weighted by atomic mass is 9.86. The van der Waals surface area contributed by atoms with Crippen LogP contribution in [0.2, 0.25) is 0 Å². The quantitative estimate of drug-likeness (QED) is 0.579. The molecule has 1 aromatic heterocycles. The Balaban J connectivity index is 1.77. The van der Waals surface area contributed by atoms with Crippen LogP contribution in [0.3, 0.4) is 0 Å². The standard InChI is InChI=1S/C24H31NO4S/c1-5-28-22(26)17-11-13-18(14-12-17)25-21-19(23(27)29-24(2,3)4)15-20(30-21)16-9-7-6-8-10-16/h6-10,15,17-18,25H,5,11-14H2,1-4H3. The van der Waals surface area contributed by atoms with Crippen LogP contribution in [0.25, 0.3) is 10.4 Å². The van der Waals surface area contributed by atoms with Crippen molar-refractivity contribution in [2.24, 2.45) is 5.92 Å². The topological polar surface area (TPSA) is 64.6 Å². The second-order valence-electron chi connectivity index (χ2n) is 8.67. The van der Waals surface area contributed by atoms with Crippen LogP contribution in [-0.4, -0.2) is 30.2 Å². The summed E-state index contributed by atoms with van der Waals surface area (Å²) in [4.78, 5) is 25.9. The van der Waals surface area contributed by atoms with E-state index in [0.29, 0.717) is 12.2 Å². The minimum absolute atomic E-state index is 0.0171. The Labute approximate surface area is 182 Å². The Kier molecular flexibility index (Phi) is 7.19. The van der Waals surface area contributed by atoms with E-state index in [1.165, 1.54) is 0 Å². The van der Waals surface area contributed by atoms with Crippen molar-refractivity contribution in [3.63, 3.8) is 0 Å². The number of rotatable bonds is 6. The minimum atomic E-state index is -0.555. The van der Waals surface area contributed by atoms with E-state index in [9.17, 15) is 9.59 Å². The summed E-state index contributed by atoms with van der Waals surface area (Å²) in [6.07, 6.45) is 3.34. The number of nitrogens with one attached hydrogen (secondary N) is 1. The lowest BCUT2D eigenvalue weighted by Crippen LogP contribution is -2.30. The van der Waals surface area contributed by atoms with Gasteiger partial charge in [0.1, 0.15) is 10.6 Å². The summed E-state index contributed by atoms with van der Waals surface area (Å²) in [7, 11) is 0. The Hall–Kier alpha value is -2.34. The van der Waals surface area contributed by atoms with Crippen LogP contribution in [0.15, 0.2) is 36.4 Å². The number of thiophene rings is 1. The van der Waals surface area contributed by atoms with E-state index in [1.807, 2.05) is 64.1 Å². The molecule has 1 aliphatic carbocycles. The van der Waals surface area contributed by atoms with Gasteiger partial charge in [-0.05, 0) is 65.0 Å². The predicted molar refractivity (Wildman–Crippen MR) is 121 cm³/mol. The molecule has 0 spiro atoms. The van der Waals surface area contributed by atoms with Gasteiger partial charge in [0.15, 0.2) is 0 Å². The van der Waals surface area contributed by atoms with Crippen molar-refractivity contribution in [1.82, 2.24) is 0 Å². The number of anilines is 1. The van der Waals surface area contributed by atoms with Crippen LogP contribution in [0, 0.1) is 5.92 Å². The summed E-state index contributed by atoms with van der Waals surface area (Å²) < 4.78 is 10.8. The van der Waals surface area contributed by atoms with Crippen LogP contribution in [0.5, 0.6) is 0 Å². The number of carbonyl (C=O) groups is 2. The van der Waals surface area contributed by atoms with Gasteiger partial charge in [-0.25, -0.2) is 4.79 Å². The van der Waals surface area contributed by atoms with Crippen molar-refractivity contribution < 1.29 is 19.1 Å². The van der Waals surface area contributed by atoms with Gasteiger partial charge in [-0.2, -0.15) is 0 Å². The summed E-state index contributed by atoms with van der Waals surface area (Å²) in [5.74, 6) is -0.423. The number of esters is 2. The molecule has 0 saturated heterocycles. The van der Waals surface area contributed by atoms with Gasteiger partial charge < -0.3 is 14.8 Å². The Morgan fingerprint density at radius 2 is 1.77 bits per heavy atom. The van der Waals surface area contributed by atoms with Crippen molar-refractivity contribution in [3.05, 3.63) is 42.0 Å². The molecule has 1 fully saturated rings. The molecule has 0 aliphatic heterocycles. The van der Waals surface area contributed by atoms with Crippen molar-refractivity contribution in [2.45, 2.75) is 65.0 Å². The van der Waals surface area contributed by atoms with Gasteiger partial charge in [0.2, 0.25) is 0 Å².